The summed E-state index contributed by atoms with van der Waals surface area (Å²) >= 11 is 0. The predicted octanol–water partition coefficient (Wildman–Crippen LogP) is 5.19. The van der Waals surface area contributed by atoms with Crippen LogP contribution in [0.25, 0.3) is 22.7 Å². The smallest absolute Gasteiger partial charge is 0.251 e. The highest BCUT2D eigenvalue weighted by Crippen LogP contribution is 2.29. The van der Waals surface area contributed by atoms with Crippen molar-refractivity contribution in [2.24, 2.45) is 0 Å². The Bertz CT molecular complexity index is 1420. The van der Waals surface area contributed by atoms with Crippen LogP contribution in [0.3, 0.4) is 0 Å². The van der Waals surface area contributed by atoms with Gasteiger partial charge in [-0.1, -0.05) is 30.3 Å². The molecule has 5 aromatic rings. The molecule has 0 unspecified atom stereocenters. The topological polar surface area (TPSA) is 75.0 Å². The summed E-state index contributed by atoms with van der Waals surface area (Å²) in [7, 11) is 1.64. The van der Waals surface area contributed by atoms with E-state index in [-0.39, 0.29) is 11.5 Å². The normalized spacial score (nSPS) is 11.0. The standard InChI is InChI=1S/C25H20FN5O2/c1-16-20(26)12-13-21(28-16)23-29-24-22(25(30-23)33-19-6-4-3-5-7-19)27-15-31(24)14-17-8-10-18(32-2)11-9-17/h3-13,15H,14H2,1-2H3. The van der Waals surface area contributed by atoms with E-state index in [0.29, 0.717) is 40.9 Å². The third kappa shape index (κ3) is 4.23. The number of imidazole rings is 1. The van der Waals surface area contributed by atoms with Gasteiger partial charge in [-0.25, -0.2) is 19.3 Å². The fourth-order valence-electron chi connectivity index (χ4n) is 3.42. The van der Waals surface area contributed by atoms with Crippen LogP contribution in [0.5, 0.6) is 17.4 Å². The van der Waals surface area contributed by atoms with Crippen molar-refractivity contribution in [1.29, 1.82) is 0 Å². The van der Waals surface area contributed by atoms with Crippen LogP contribution in [-0.4, -0.2) is 31.6 Å². The second kappa shape index (κ2) is 8.66. The van der Waals surface area contributed by atoms with Crippen molar-refractivity contribution in [3.63, 3.8) is 0 Å². The molecule has 8 heteroatoms. The van der Waals surface area contributed by atoms with Crippen molar-refractivity contribution < 1.29 is 13.9 Å². The van der Waals surface area contributed by atoms with Crippen molar-refractivity contribution in [3.05, 3.63) is 90.1 Å². The number of nitrogens with zero attached hydrogens (tertiary/aromatic N) is 5. The van der Waals surface area contributed by atoms with E-state index in [1.54, 1.807) is 26.4 Å². The zero-order valence-corrected chi connectivity index (χ0v) is 18.1. The summed E-state index contributed by atoms with van der Waals surface area (Å²) in [6.07, 6.45) is 1.70. The first-order valence-corrected chi connectivity index (χ1v) is 10.3. The Morgan fingerprint density at radius 3 is 2.39 bits per heavy atom. The molecule has 33 heavy (non-hydrogen) atoms. The number of fused-ring (bicyclic) bond motifs is 1. The number of pyridine rings is 1. The largest absolute Gasteiger partial charge is 0.497 e. The van der Waals surface area contributed by atoms with Crippen LogP contribution >= 0.6 is 0 Å². The number of aromatic nitrogens is 5. The lowest BCUT2D eigenvalue weighted by molar-refractivity contribution is 0.414. The molecule has 0 atom stereocenters. The molecule has 0 radical (unpaired) electrons. The zero-order valence-electron chi connectivity index (χ0n) is 18.1. The summed E-state index contributed by atoms with van der Waals surface area (Å²) in [5.41, 5.74) is 2.89. The second-order valence-corrected chi connectivity index (χ2v) is 7.42. The summed E-state index contributed by atoms with van der Waals surface area (Å²) in [5, 5.41) is 0. The Labute approximate surface area is 189 Å². The average molecular weight is 441 g/mol. The predicted molar refractivity (Wildman–Crippen MR) is 122 cm³/mol. The third-order valence-corrected chi connectivity index (χ3v) is 5.15. The van der Waals surface area contributed by atoms with Crippen molar-refractivity contribution >= 4 is 11.2 Å². The van der Waals surface area contributed by atoms with E-state index >= 15 is 0 Å². The molecular weight excluding hydrogens is 421 g/mol. The van der Waals surface area contributed by atoms with Gasteiger partial charge in [0.15, 0.2) is 17.0 Å². The molecule has 0 aliphatic carbocycles. The Morgan fingerprint density at radius 2 is 1.67 bits per heavy atom. The number of halogens is 1. The highest BCUT2D eigenvalue weighted by atomic mass is 19.1. The first kappa shape index (κ1) is 20.6. The maximum absolute atomic E-state index is 13.8. The van der Waals surface area contributed by atoms with Crippen molar-refractivity contribution in [1.82, 2.24) is 24.5 Å². The van der Waals surface area contributed by atoms with Crippen LogP contribution in [0.4, 0.5) is 4.39 Å². The van der Waals surface area contributed by atoms with Crippen molar-refractivity contribution in [2.45, 2.75) is 13.5 Å². The lowest BCUT2D eigenvalue weighted by Gasteiger charge is -2.10. The Kier molecular flexibility index (Phi) is 5.40. The monoisotopic (exact) mass is 441 g/mol. The minimum absolute atomic E-state index is 0.272. The minimum Gasteiger partial charge on any atom is -0.497 e. The van der Waals surface area contributed by atoms with Gasteiger partial charge >= 0.3 is 0 Å². The van der Waals surface area contributed by atoms with Gasteiger partial charge in [-0.05, 0) is 48.9 Å². The van der Waals surface area contributed by atoms with Crippen LogP contribution < -0.4 is 9.47 Å². The van der Waals surface area contributed by atoms with E-state index < -0.39 is 0 Å². The average Bonchev–Trinajstić information content (AvgIpc) is 3.25. The van der Waals surface area contributed by atoms with E-state index in [0.717, 1.165) is 11.3 Å². The molecule has 0 saturated heterocycles. The molecule has 0 bridgehead atoms. The second-order valence-electron chi connectivity index (χ2n) is 7.42. The SMILES string of the molecule is COc1ccc(Cn2cnc3c(Oc4ccccc4)nc(-c4ccc(F)c(C)n4)nc32)cc1. The van der Waals surface area contributed by atoms with E-state index in [4.69, 9.17) is 14.5 Å². The molecule has 0 saturated carbocycles. The van der Waals surface area contributed by atoms with Gasteiger partial charge in [0.25, 0.3) is 5.88 Å². The quantitative estimate of drug-likeness (QED) is 0.361. The molecule has 5 rings (SSSR count). The first-order valence-electron chi connectivity index (χ1n) is 10.3. The van der Waals surface area contributed by atoms with E-state index in [1.807, 2.05) is 59.2 Å². The molecule has 164 valence electrons. The number of rotatable bonds is 6. The minimum atomic E-state index is -0.384. The number of para-hydroxylation sites is 1. The Morgan fingerprint density at radius 1 is 0.879 bits per heavy atom. The van der Waals surface area contributed by atoms with Gasteiger partial charge in [0.1, 0.15) is 23.0 Å². The molecule has 3 aromatic heterocycles. The number of hydrogen-bond donors (Lipinski definition) is 0. The molecule has 3 heterocycles. The Hall–Kier alpha value is -4.33. The van der Waals surface area contributed by atoms with E-state index in [2.05, 4.69) is 15.0 Å². The van der Waals surface area contributed by atoms with Gasteiger partial charge in [0.2, 0.25) is 0 Å². The third-order valence-electron chi connectivity index (χ3n) is 5.15. The zero-order chi connectivity index (χ0) is 22.8. The van der Waals surface area contributed by atoms with Gasteiger partial charge < -0.3 is 14.0 Å². The Balaban J connectivity index is 1.61. The molecule has 0 amide bonds. The van der Waals surface area contributed by atoms with E-state index in [9.17, 15) is 4.39 Å². The van der Waals surface area contributed by atoms with Gasteiger partial charge in [0, 0.05) is 0 Å². The molecule has 0 spiro atoms. The molecular formula is C25H20FN5O2. The van der Waals surface area contributed by atoms with Crippen LogP contribution in [0.2, 0.25) is 0 Å². The molecule has 7 nitrogen and oxygen atoms in total. The first-order chi connectivity index (χ1) is 16.1. The fourth-order valence-corrected chi connectivity index (χ4v) is 3.42. The van der Waals surface area contributed by atoms with Crippen LogP contribution in [0, 0.1) is 12.7 Å². The fraction of sp³-hybridized carbons (Fsp3) is 0.120. The number of ether oxygens (including phenoxy) is 2. The molecule has 0 N–H and O–H groups in total. The maximum atomic E-state index is 13.8. The van der Waals surface area contributed by atoms with Crippen LogP contribution in [0.1, 0.15) is 11.3 Å². The van der Waals surface area contributed by atoms with E-state index in [1.165, 1.54) is 6.07 Å². The summed E-state index contributed by atoms with van der Waals surface area (Å²) < 4.78 is 27.0. The molecule has 0 fully saturated rings. The van der Waals surface area contributed by atoms with Gasteiger partial charge in [-0.2, -0.15) is 4.98 Å². The number of aryl methyl sites for hydroxylation is 1. The maximum Gasteiger partial charge on any atom is 0.251 e. The van der Waals surface area contributed by atoms with Gasteiger partial charge in [-0.15, -0.1) is 0 Å². The van der Waals surface area contributed by atoms with Crippen LogP contribution in [0.15, 0.2) is 73.1 Å². The molecule has 0 aliphatic heterocycles. The number of benzene rings is 2. The molecule has 2 aromatic carbocycles. The van der Waals surface area contributed by atoms with Crippen molar-refractivity contribution in [2.75, 3.05) is 7.11 Å². The number of hydrogen-bond acceptors (Lipinski definition) is 6. The highest BCUT2D eigenvalue weighted by molar-refractivity contribution is 5.79. The van der Waals surface area contributed by atoms with Crippen molar-refractivity contribution in [3.8, 4) is 28.9 Å². The summed E-state index contributed by atoms with van der Waals surface area (Å²) in [6, 6.07) is 20.0. The highest BCUT2D eigenvalue weighted by Gasteiger charge is 2.18. The molecule has 0 aliphatic rings. The van der Waals surface area contributed by atoms with Gasteiger partial charge in [0.05, 0.1) is 25.7 Å². The lowest BCUT2D eigenvalue weighted by atomic mass is 10.2. The lowest BCUT2D eigenvalue weighted by Crippen LogP contribution is -2.03. The van der Waals surface area contributed by atoms with Gasteiger partial charge in [-0.3, -0.25) is 0 Å². The summed E-state index contributed by atoms with van der Waals surface area (Å²) in [6.45, 7) is 2.14. The number of methoxy groups -OCH3 is 1. The summed E-state index contributed by atoms with van der Waals surface area (Å²) in [4.78, 5) is 18.1. The van der Waals surface area contributed by atoms with Crippen LogP contribution in [-0.2, 0) is 6.54 Å². The summed E-state index contributed by atoms with van der Waals surface area (Å²) in [5.74, 6) is 1.66.